The highest BCUT2D eigenvalue weighted by atomic mass is 16.5. The summed E-state index contributed by atoms with van der Waals surface area (Å²) in [5.74, 6) is 1.16. The van der Waals surface area contributed by atoms with Crippen molar-refractivity contribution in [3.8, 4) is 11.5 Å². The molecule has 29 heavy (non-hydrogen) atoms. The van der Waals surface area contributed by atoms with Crippen molar-refractivity contribution in [3.63, 3.8) is 0 Å². The monoisotopic (exact) mass is 392 g/mol. The second kappa shape index (κ2) is 8.66. The van der Waals surface area contributed by atoms with Gasteiger partial charge in [0, 0.05) is 0 Å². The number of carbonyl (C=O) groups excluding carboxylic acids is 1. The predicted molar refractivity (Wildman–Crippen MR) is 115 cm³/mol. The number of rotatable bonds is 6. The fourth-order valence-corrected chi connectivity index (χ4v) is 3.11. The van der Waals surface area contributed by atoms with E-state index in [0.717, 1.165) is 11.1 Å². The van der Waals surface area contributed by atoms with Crippen molar-refractivity contribution in [1.82, 2.24) is 0 Å². The molecule has 0 fully saturated rings. The molecule has 0 saturated heterocycles. The number of ketones is 1. The van der Waals surface area contributed by atoms with Crippen molar-refractivity contribution in [2.45, 2.75) is 45.8 Å². The van der Waals surface area contributed by atoms with Gasteiger partial charge in [-0.05, 0) is 57.5 Å². The maximum atomic E-state index is 12.8. The second-order valence-corrected chi connectivity index (χ2v) is 8.08. The van der Waals surface area contributed by atoms with Gasteiger partial charge in [-0.15, -0.1) is 0 Å². The minimum absolute atomic E-state index is 0.0360. The summed E-state index contributed by atoms with van der Waals surface area (Å²) in [5.41, 5.74) is 2.33. The first-order chi connectivity index (χ1) is 13.7. The Balaban J connectivity index is 2.04. The maximum Gasteiger partial charge on any atom is 0.170 e. The number of ether oxygens (including phenoxy) is 2. The molecule has 1 aliphatic heterocycles. The number of aliphatic hydroxyl groups is 1. The minimum Gasteiger partial charge on any atom is -0.489 e. The smallest absolute Gasteiger partial charge is 0.170 e. The Hall–Kier alpha value is -2.85. The lowest BCUT2D eigenvalue weighted by molar-refractivity contribution is 0.0849. The van der Waals surface area contributed by atoms with Crippen LogP contribution in [0.2, 0.25) is 0 Å². The maximum absolute atomic E-state index is 12.8. The number of allylic oxidation sites excluding steroid dienone is 1. The summed E-state index contributed by atoms with van der Waals surface area (Å²) in [6, 6.07) is 13.3. The van der Waals surface area contributed by atoms with E-state index in [-0.39, 0.29) is 11.9 Å². The number of fused-ring (bicyclic) bond motifs is 1. The normalized spacial score (nSPS) is 16.3. The average Bonchev–Trinajstić information content (AvgIpc) is 2.66. The number of benzene rings is 2. The minimum atomic E-state index is -1.00. The molecule has 0 saturated carbocycles. The SMILES string of the molecule is CC(C)=CCOc1ccc2c(c1/C=C/C(C)(C)O)O[C@@H](c1ccccc1)CC2=O. The molecular formula is C25H28O4. The topological polar surface area (TPSA) is 55.8 Å². The average molecular weight is 392 g/mol. The molecule has 0 spiro atoms. The van der Waals surface area contributed by atoms with Gasteiger partial charge >= 0.3 is 0 Å². The fraction of sp³-hybridized carbons (Fsp3) is 0.320. The zero-order chi connectivity index (χ0) is 21.0. The predicted octanol–water partition coefficient (Wildman–Crippen LogP) is 5.52. The van der Waals surface area contributed by atoms with E-state index in [1.54, 1.807) is 38.1 Å². The third-order valence-electron chi connectivity index (χ3n) is 4.65. The van der Waals surface area contributed by atoms with Gasteiger partial charge in [-0.25, -0.2) is 0 Å². The molecular weight excluding hydrogens is 364 g/mol. The van der Waals surface area contributed by atoms with Gasteiger partial charge in [0.25, 0.3) is 0 Å². The van der Waals surface area contributed by atoms with Gasteiger partial charge < -0.3 is 14.6 Å². The van der Waals surface area contributed by atoms with Crippen LogP contribution in [0.3, 0.4) is 0 Å². The molecule has 0 unspecified atom stereocenters. The molecule has 2 aromatic rings. The van der Waals surface area contributed by atoms with Crippen molar-refractivity contribution in [3.05, 3.63) is 76.9 Å². The van der Waals surface area contributed by atoms with E-state index >= 15 is 0 Å². The summed E-state index contributed by atoms with van der Waals surface area (Å²) >= 11 is 0. The molecule has 0 radical (unpaired) electrons. The van der Waals surface area contributed by atoms with Gasteiger partial charge in [0.2, 0.25) is 0 Å². The molecule has 0 bridgehead atoms. The Morgan fingerprint density at radius 1 is 1.21 bits per heavy atom. The van der Waals surface area contributed by atoms with Crippen LogP contribution in [0.5, 0.6) is 11.5 Å². The Morgan fingerprint density at radius 2 is 1.93 bits per heavy atom. The molecule has 1 aliphatic rings. The lowest BCUT2D eigenvalue weighted by atomic mass is 9.93. The summed E-state index contributed by atoms with van der Waals surface area (Å²) in [4.78, 5) is 12.8. The van der Waals surface area contributed by atoms with Crippen LogP contribution in [0, 0.1) is 0 Å². The first-order valence-electron chi connectivity index (χ1n) is 9.84. The van der Waals surface area contributed by atoms with Gasteiger partial charge in [-0.1, -0.05) is 42.0 Å². The van der Waals surface area contributed by atoms with Crippen LogP contribution < -0.4 is 9.47 Å². The molecule has 1 heterocycles. The number of hydrogen-bond donors (Lipinski definition) is 1. The quantitative estimate of drug-likeness (QED) is 0.658. The van der Waals surface area contributed by atoms with Crippen molar-refractivity contribution >= 4 is 11.9 Å². The van der Waals surface area contributed by atoms with Crippen molar-refractivity contribution in [2.75, 3.05) is 6.61 Å². The number of hydrogen-bond acceptors (Lipinski definition) is 4. The highest BCUT2D eigenvalue weighted by molar-refractivity contribution is 6.01. The van der Waals surface area contributed by atoms with E-state index in [1.807, 2.05) is 50.3 Å². The lowest BCUT2D eigenvalue weighted by Gasteiger charge is -2.28. The van der Waals surface area contributed by atoms with Gasteiger partial charge in [-0.2, -0.15) is 0 Å². The van der Waals surface area contributed by atoms with Gasteiger partial charge in [0.1, 0.15) is 24.2 Å². The van der Waals surface area contributed by atoms with Crippen LogP contribution in [0.25, 0.3) is 6.08 Å². The molecule has 1 N–H and O–H groups in total. The first-order valence-corrected chi connectivity index (χ1v) is 9.84. The van der Waals surface area contributed by atoms with Crippen LogP contribution in [-0.2, 0) is 0 Å². The van der Waals surface area contributed by atoms with E-state index in [2.05, 4.69) is 0 Å². The highest BCUT2D eigenvalue weighted by Gasteiger charge is 2.30. The largest absolute Gasteiger partial charge is 0.489 e. The van der Waals surface area contributed by atoms with E-state index in [4.69, 9.17) is 9.47 Å². The van der Waals surface area contributed by atoms with E-state index < -0.39 is 5.60 Å². The molecule has 4 nitrogen and oxygen atoms in total. The summed E-state index contributed by atoms with van der Waals surface area (Å²) in [5, 5.41) is 10.2. The fourth-order valence-electron chi connectivity index (χ4n) is 3.11. The molecule has 0 aliphatic carbocycles. The third-order valence-corrected chi connectivity index (χ3v) is 4.65. The van der Waals surface area contributed by atoms with Crippen LogP contribution in [0.4, 0.5) is 0 Å². The van der Waals surface area contributed by atoms with Crippen molar-refractivity contribution < 1.29 is 19.4 Å². The Morgan fingerprint density at radius 3 is 2.59 bits per heavy atom. The zero-order valence-corrected chi connectivity index (χ0v) is 17.4. The Labute approximate surface area is 172 Å². The standard InChI is InChI=1S/C25H28O4/c1-17(2)13-15-28-22-11-10-19-21(26)16-23(18-8-6-5-7-9-18)29-24(19)20(22)12-14-25(3,4)27/h5-14,23,27H,15-16H2,1-4H3/b14-12+/t23-/m1/s1. The van der Waals surface area contributed by atoms with Crippen LogP contribution in [0.1, 0.15) is 61.7 Å². The molecule has 152 valence electrons. The first kappa shape index (κ1) is 20.9. The van der Waals surface area contributed by atoms with Gasteiger partial charge in [-0.3, -0.25) is 4.79 Å². The number of carbonyl (C=O) groups is 1. The van der Waals surface area contributed by atoms with E-state index in [0.29, 0.717) is 35.7 Å². The molecule has 3 rings (SSSR count). The molecule has 2 aromatic carbocycles. The zero-order valence-electron chi connectivity index (χ0n) is 17.4. The molecule has 0 amide bonds. The summed E-state index contributed by atoms with van der Waals surface area (Å²) in [6.07, 6.45) is 5.39. The van der Waals surface area contributed by atoms with Gasteiger partial charge in [0.15, 0.2) is 5.78 Å². The Kier molecular flexibility index (Phi) is 6.23. The third kappa shape index (κ3) is 5.36. The van der Waals surface area contributed by atoms with Crippen LogP contribution >= 0.6 is 0 Å². The van der Waals surface area contributed by atoms with E-state index in [1.165, 1.54) is 0 Å². The lowest BCUT2D eigenvalue weighted by Crippen LogP contribution is -2.21. The van der Waals surface area contributed by atoms with Crippen molar-refractivity contribution in [2.24, 2.45) is 0 Å². The van der Waals surface area contributed by atoms with Crippen LogP contribution in [-0.4, -0.2) is 23.1 Å². The van der Waals surface area contributed by atoms with Crippen molar-refractivity contribution in [1.29, 1.82) is 0 Å². The number of Topliss-reactive ketones (excluding diaryl/α,β-unsaturated/α-hetero) is 1. The van der Waals surface area contributed by atoms with Gasteiger partial charge in [0.05, 0.1) is 23.1 Å². The summed E-state index contributed by atoms with van der Waals surface area (Å²) < 4.78 is 12.3. The Bertz CT molecular complexity index is 929. The highest BCUT2D eigenvalue weighted by Crippen LogP contribution is 2.42. The van der Waals surface area contributed by atoms with Crippen LogP contribution in [0.15, 0.2) is 60.2 Å². The molecule has 1 atom stereocenters. The molecule has 4 heteroatoms. The second-order valence-electron chi connectivity index (χ2n) is 8.08. The summed E-state index contributed by atoms with van der Waals surface area (Å²) in [6.45, 7) is 7.83. The summed E-state index contributed by atoms with van der Waals surface area (Å²) in [7, 11) is 0. The molecule has 0 aromatic heterocycles. The van der Waals surface area contributed by atoms with E-state index in [9.17, 15) is 9.90 Å².